The molecule has 2 aliphatic heterocycles. The Morgan fingerprint density at radius 3 is 2.15 bits per heavy atom. The molecule has 2 unspecified atom stereocenters. The molecule has 0 aliphatic carbocycles. The van der Waals surface area contributed by atoms with Crippen LogP contribution in [0.3, 0.4) is 0 Å². The first kappa shape index (κ1) is 47.2. The van der Waals surface area contributed by atoms with Crippen LogP contribution in [-0.2, 0) is 44.8 Å². The summed E-state index contributed by atoms with van der Waals surface area (Å²) in [5.74, 6) is 0.971. The second-order valence-electron chi connectivity index (χ2n) is 17.5. The van der Waals surface area contributed by atoms with Crippen molar-refractivity contribution in [1.82, 2.24) is 5.32 Å². The Balaban J connectivity index is 1.65. The maximum atomic E-state index is 15.8. The predicted octanol–water partition coefficient (Wildman–Crippen LogP) is 9.03. The molecule has 5 rings (SSSR count). The van der Waals surface area contributed by atoms with E-state index in [4.69, 9.17) is 28.1 Å². The monoisotopic (exact) mass is 852 g/mol. The third-order valence-electron chi connectivity index (χ3n) is 12.1. The molecule has 0 bridgehead atoms. The highest BCUT2D eigenvalue weighted by molar-refractivity contribution is 7.92. The van der Waals surface area contributed by atoms with Crippen LogP contribution in [0.25, 0.3) is 0 Å². The largest absolute Gasteiger partial charge is 0.490 e. The van der Waals surface area contributed by atoms with E-state index in [0.717, 1.165) is 35.5 Å². The van der Waals surface area contributed by atoms with Gasteiger partial charge in [0.15, 0.2) is 0 Å². The molecule has 1 fully saturated rings. The van der Waals surface area contributed by atoms with Crippen molar-refractivity contribution >= 4 is 23.8 Å². The Morgan fingerprint density at radius 2 is 1.51 bits per heavy atom. The van der Waals surface area contributed by atoms with Gasteiger partial charge < -0.3 is 38.3 Å². The number of benzene rings is 3. The number of fused-ring (bicyclic) bond motifs is 1. The van der Waals surface area contributed by atoms with Gasteiger partial charge in [0.1, 0.15) is 12.4 Å². The van der Waals surface area contributed by atoms with Gasteiger partial charge in [-0.25, -0.2) is 8.42 Å². The topological polar surface area (TPSA) is 105 Å². The summed E-state index contributed by atoms with van der Waals surface area (Å²) in [4.78, 5) is 0.513. The van der Waals surface area contributed by atoms with Crippen LogP contribution in [0.5, 0.6) is 5.75 Å². The summed E-state index contributed by atoms with van der Waals surface area (Å²) in [6, 6.07) is 20.6. The van der Waals surface area contributed by atoms with Gasteiger partial charge in [0.2, 0.25) is 23.1 Å². The third kappa shape index (κ3) is 10.8. The summed E-state index contributed by atoms with van der Waals surface area (Å²) < 4.78 is 69.6. The fourth-order valence-corrected chi connectivity index (χ4v) is 16.8. The van der Waals surface area contributed by atoms with E-state index >= 15 is 8.42 Å². The number of nitrogens with zero attached hydrogens (tertiary/aromatic N) is 1. The van der Waals surface area contributed by atoms with Crippen molar-refractivity contribution in [2.75, 3.05) is 71.2 Å². The van der Waals surface area contributed by atoms with Crippen molar-refractivity contribution in [3.63, 3.8) is 0 Å². The Kier molecular flexibility index (Phi) is 17.1. The van der Waals surface area contributed by atoms with E-state index in [1.165, 1.54) is 0 Å². The maximum absolute atomic E-state index is 15.8. The number of rotatable bonds is 22. The van der Waals surface area contributed by atoms with E-state index in [0.29, 0.717) is 93.4 Å². The zero-order valence-electron chi connectivity index (χ0n) is 37.4. The highest BCUT2D eigenvalue weighted by atomic mass is 32.2. The molecule has 3 aromatic carbocycles. The number of hydrogen-bond donors (Lipinski definition) is 1. The standard InChI is InChI=1S/C47H72N2O8SSi/c1-11-53-31-38(9)32-54-33-39-15-17-40(18-16-39)47(58(50,51)44-20-13-37(8)14-21-44,41-19-22-46-45(27-41)49(24-26-55-46)23-12-25-52-10)56-42-28-43(30-48-29-42)57-59(34(2)3,35(4)5)36(6)7/h13-22,27,34-36,38,42-43,48H,11-12,23-26,28-33H2,1-10H3/t38?,42-,43+,47?/m1/s1. The molecule has 12 heteroatoms. The van der Waals surface area contributed by atoms with Crippen LogP contribution in [0.1, 0.15) is 90.5 Å². The molecule has 0 radical (unpaired) electrons. The molecular formula is C47H72N2O8SSi. The summed E-state index contributed by atoms with van der Waals surface area (Å²) in [5.41, 5.74) is 5.01. The minimum atomic E-state index is -4.30. The number of ether oxygens (including phenoxy) is 5. The average molecular weight is 853 g/mol. The SMILES string of the molecule is CCOCC(C)COCc1ccc(C(O[C@H]2CNC[C@@H](O[Si](C(C)C)(C(C)C)C(C)C)C2)(c2ccc3c(c2)N(CCCOC)CCO3)S(=O)(=O)c2ccc(C)cc2)cc1. The molecular weight excluding hydrogens is 781 g/mol. The number of aryl methyl sites for hydroxylation is 1. The lowest BCUT2D eigenvalue weighted by Crippen LogP contribution is -2.56. The summed E-state index contributed by atoms with van der Waals surface area (Å²) in [7, 11) is -4.85. The van der Waals surface area contributed by atoms with Gasteiger partial charge in [-0.05, 0) is 66.7 Å². The Labute approximate surface area is 356 Å². The minimum absolute atomic E-state index is 0.134. The van der Waals surface area contributed by atoms with Crippen LogP contribution in [-0.4, -0.2) is 95.3 Å². The molecule has 1 saturated heterocycles. The van der Waals surface area contributed by atoms with E-state index < -0.39 is 29.2 Å². The van der Waals surface area contributed by atoms with Gasteiger partial charge >= 0.3 is 0 Å². The Hall–Kier alpha value is -2.81. The van der Waals surface area contributed by atoms with Crippen LogP contribution in [0, 0.1) is 12.8 Å². The zero-order chi connectivity index (χ0) is 42.8. The van der Waals surface area contributed by atoms with Crippen LogP contribution in [0.15, 0.2) is 71.6 Å². The lowest BCUT2D eigenvalue weighted by atomic mass is 9.97. The molecule has 2 heterocycles. The highest BCUT2D eigenvalue weighted by Crippen LogP contribution is 2.48. The van der Waals surface area contributed by atoms with Gasteiger partial charge in [-0.2, -0.15) is 0 Å². The van der Waals surface area contributed by atoms with Gasteiger partial charge in [0, 0.05) is 63.4 Å². The average Bonchev–Trinajstić information content (AvgIpc) is 3.21. The highest BCUT2D eigenvalue weighted by Gasteiger charge is 2.53. The van der Waals surface area contributed by atoms with Crippen LogP contribution < -0.4 is 15.0 Å². The summed E-state index contributed by atoms with van der Waals surface area (Å²) in [6.07, 6.45) is 0.750. The Bertz CT molecular complexity index is 1830. The van der Waals surface area contributed by atoms with E-state index in [9.17, 15) is 0 Å². The van der Waals surface area contributed by atoms with Crippen LogP contribution in [0.2, 0.25) is 16.6 Å². The lowest BCUT2D eigenvalue weighted by Gasteiger charge is -2.47. The molecule has 3 aromatic rings. The van der Waals surface area contributed by atoms with E-state index in [1.807, 2.05) is 68.4 Å². The van der Waals surface area contributed by atoms with Gasteiger partial charge in [0.05, 0.1) is 49.2 Å². The number of methoxy groups -OCH3 is 1. The summed E-state index contributed by atoms with van der Waals surface area (Å²) in [5, 5.41) is 3.60. The van der Waals surface area contributed by atoms with Gasteiger partial charge in [0.25, 0.3) is 0 Å². The fourth-order valence-electron chi connectivity index (χ4n) is 9.21. The van der Waals surface area contributed by atoms with Crippen molar-refractivity contribution < 1.29 is 36.5 Å². The molecule has 328 valence electrons. The molecule has 2 aliphatic rings. The summed E-state index contributed by atoms with van der Waals surface area (Å²) in [6.45, 7) is 25.8. The quantitative estimate of drug-likeness (QED) is 0.0778. The molecule has 0 spiro atoms. The van der Waals surface area contributed by atoms with Gasteiger partial charge in [-0.15, -0.1) is 0 Å². The normalized spacial score (nSPS) is 19.2. The molecule has 0 saturated carbocycles. The molecule has 1 N–H and O–H groups in total. The number of anilines is 1. The van der Waals surface area contributed by atoms with Crippen molar-refractivity contribution in [1.29, 1.82) is 0 Å². The molecule has 10 nitrogen and oxygen atoms in total. The smallest absolute Gasteiger partial charge is 0.225 e. The number of piperidine rings is 1. The predicted molar refractivity (Wildman–Crippen MR) is 240 cm³/mol. The fraction of sp³-hybridized carbons (Fsp3) is 0.617. The second kappa shape index (κ2) is 21.3. The van der Waals surface area contributed by atoms with Crippen molar-refractivity contribution in [3.05, 3.63) is 89.0 Å². The first-order valence-corrected chi connectivity index (χ1v) is 25.5. The maximum Gasteiger partial charge on any atom is 0.225 e. The second-order valence-corrected chi connectivity index (χ2v) is 24.9. The lowest BCUT2D eigenvalue weighted by molar-refractivity contribution is -0.0540. The van der Waals surface area contributed by atoms with Crippen LogP contribution >= 0.6 is 0 Å². The molecule has 0 amide bonds. The van der Waals surface area contributed by atoms with Crippen molar-refractivity contribution in [2.45, 2.75) is 120 Å². The Morgan fingerprint density at radius 1 is 0.864 bits per heavy atom. The molecule has 4 atom stereocenters. The number of hydrogen-bond acceptors (Lipinski definition) is 10. The van der Waals surface area contributed by atoms with E-state index in [-0.39, 0.29) is 16.9 Å². The first-order chi connectivity index (χ1) is 28.2. The summed E-state index contributed by atoms with van der Waals surface area (Å²) >= 11 is 0. The van der Waals surface area contributed by atoms with Crippen molar-refractivity contribution in [2.24, 2.45) is 5.92 Å². The van der Waals surface area contributed by atoms with Gasteiger partial charge in [-0.3, -0.25) is 0 Å². The third-order valence-corrected chi connectivity index (χ3v) is 20.4. The van der Waals surface area contributed by atoms with E-state index in [2.05, 4.69) is 58.7 Å². The van der Waals surface area contributed by atoms with Crippen molar-refractivity contribution in [3.8, 4) is 5.75 Å². The molecule has 0 aromatic heterocycles. The van der Waals surface area contributed by atoms with Crippen LogP contribution in [0.4, 0.5) is 5.69 Å². The zero-order valence-corrected chi connectivity index (χ0v) is 39.2. The van der Waals surface area contributed by atoms with Gasteiger partial charge in [-0.1, -0.05) is 96.5 Å². The molecule has 59 heavy (non-hydrogen) atoms. The number of nitrogens with one attached hydrogen (secondary N) is 1. The first-order valence-electron chi connectivity index (χ1n) is 21.8. The van der Waals surface area contributed by atoms with E-state index in [1.54, 1.807) is 19.2 Å². The number of sulfone groups is 1. The minimum Gasteiger partial charge on any atom is -0.490 e.